The SMILES string of the molecule is CCc1ccc(-n2c(C(CC)N(Cc3ccccc3)C(=O)Nc3ccccc3OC)nc3ccccc3c2=O)cc1. The third-order valence-corrected chi connectivity index (χ3v) is 7.27. The monoisotopic (exact) mass is 546 g/mol. The summed E-state index contributed by atoms with van der Waals surface area (Å²) in [4.78, 5) is 34.9. The van der Waals surface area contributed by atoms with E-state index in [4.69, 9.17) is 9.72 Å². The van der Waals surface area contributed by atoms with Crippen molar-refractivity contribution < 1.29 is 9.53 Å². The molecule has 7 heteroatoms. The highest BCUT2D eigenvalue weighted by atomic mass is 16.5. The molecule has 5 aromatic rings. The highest BCUT2D eigenvalue weighted by Crippen LogP contribution is 2.30. The van der Waals surface area contributed by atoms with Crippen LogP contribution >= 0.6 is 0 Å². The molecule has 0 radical (unpaired) electrons. The zero-order valence-corrected chi connectivity index (χ0v) is 23.6. The summed E-state index contributed by atoms with van der Waals surface area (Å²) >= 11 is 0. The smallest absolute Gasteiger partial charge is 0.322 e. The maximum Gasteiger partial charge on any atom is 0.322 e. The van der Waals surface area contributed by atoms with Crippen LogP contribution in [-0.4, -0.2) is 27.6 Å². The van der Waals surface area contributed by atoms with Crippen LogP contribution in [0.3, 0.4) is 0 Å². The van der Waals surface area contributed by atoms with Crippen LogP contribution in [0, 0.1) is 0 Å². The van der Waals surface area contributed by atoms with Gasteiger partial charge in [-0.25, -0.2) is 9.78 Å². The number of urea groups is 1. The molecule has 0 aliphatic heterocycles. The number of fused-ring (bicyclic) bond motifs is 1. The van der Waals surface area contributed by atoms with Crippen LogP contribution in [0.15, 0.2) is 108 Å². The topological polar surface area (TPSA) is 76.5 Å². The number of amides is 2. The van der Waals surface area contributed by atoms with E-state index in [0.29, 0.717) is 46.8 Å². The predicted octanol–water partition coefficient (Wildman–Crippen LogP) is 7.14. The summed E-state index contributed by atoms with van der Waals surface area (Å²) in [5.41, 5.74) is 3.83. The van der Waals surface area contributed by atoms with E-state index < -0.39 is 6.04 Å². The first-order valence-corrected chi connectivity index (χ1v) is 13.9. The van der Waals surface area contributed by atoms with E-state index in [9.17, 15) is 9.59 Å². The number of para-hydroxylation sites is 3. The van der Waals surface area contributed by atoms with Gasteiger partial charge in [-0.3, -0.25) is 9.36 Å². The van der Waals surface area contributed by atoms with Crippen LogP contribution < -0.4 is 15.6 Å². The Hall–Kier alpha value is -4.91. The lowest BCUT2D eigenvalue weighted by Gasteiger charge is -2.32. The quantitative estimate of drug-likeness (QED) is 0.213. The summed E-state index contributed by atoms with van der Waals surface area (Å²) in [6.45, 7) is 4.42. The molecule has 0 spiro atoms. The number of anilines is 1. The molecular formula is C34H34N4O3. The highest BCUT2D eigenvalue weighted by molar-refractivity contribution is 5.91. The van der Waals surface area contributed by atoms with Crippen molar-refractivity contribution in [3.63, 3.8) is 0 Å². The molecule has 0 fully saturated rings. The zero-order chi connectivity index (χ0) is 28.8. The van der Waals surface area contributed by atoms with Gasteiger partial charge in [0.1, 0.15) is 11.6 Å². The van der Waals surface area contributed by atoms with Crippen LogP contribution in [-0.2, 0) is 13.0 Å². The Morgan fingerprint density at radius 1 is 0.878 bits per heavy atom. The van der Waals surface area contributed by atoms with E-state index in [1.807, 2.05) is 91.9 Å². The lowest BCUT2D eigenvalue weighted by Crippen LogP contribution is -2.40. The van der Waals surface area contributed by atoms with E-state index in [1.54, 1.807) is 34.8 Å². The Kier molecular flexibility index (Phi) is 8.44. The summed E-state index contributed by atoms with van der Waals surface area (Å²) in [5.74, 6) is 1.07. The van der Waals surface area contributed by atoms with Gasteiger partial charge in [0, 0.05) is 6.54 Å². The molecule has 1 atom stereocenters. The summed E-state index contributed by atoms with van der Waals surface area (Å²) in [7, 11) is 1.57. The van der Waals surface area contributed by atoms with Crippen LogP contribution in [0.1, 0.15) is 43.3 Å². The molecular weight excluding hydrogens is 512 g/mol. The molecule has 1 N–H and O–H groups in total. The zero-order valence-electron chi connectivity index (χ0n) is 23.6. The number of benzene rings is 4. The third-order valence-electron chi connectivity index (χ3n) is 7.27. The number of nitrogens with one attached hydrogen (secondary N) is 1. The van der Waals surface area contributed by atoms with Gasteiger partial charge in [-0.1, -0.05) is 80.6 Å². The van der Waals surface area contributed by atoms with E-state index in [0.717, 1.165) is 12.0 Å². The second-order valence-corrected chi connectivity index (χ2v) is 9.82. The molecule has 41 heavy (non-hydrogen) atoms. The lowest BCUT2D eigenvalue weighted by molar-refractivity contribution is 0.177. The molecule has 0 saturated carbocycles. The molecule has 0 aliphatic rings. The summed E-state index contributed by atoms with van der Waals surface area (Å²) in [5, 5.41) is 3.57. The van der Waals surface area contributed by atoms with Crippen molar-refractivity contribution >= 4 is 22.6 Å². The molecule has 0 aliphatic carbocycles. The van der Waals surface area contributed by atoms with Crippen molar-refractivity contribution in [2.24, 2.45) is 0 Å². The molecule has 1 unspecified atom stereocenters. The van der Waals surface area contributed by atoms with Crippen LogP contribution in [0.4, 0.5) is 10.5 Å². The number of nitrogens with zero attached hydrogens (tertiary/aromatic N) is 3. The largest absolute Gasteiger partial charge is 0.495 e. The predicted molar refractivity (Wildman–Crippen MR) is 164 cm³/mol. The molecule has 5 rings (SSSR count). The number of methoxy groups -OCH3 is 1. The van der Waals surface area contributed by atoms with Crippen LogP contribution in [0.25, 0.3) is 16.6 Å². The molecule has 7 nitrogen and oxygen atoms in total. The number of rotatable bonds is 9. The fourth-order valence-electron chi connectivity index (χ4n) is 5.08. The van der Waals surface area contributed by atoms with Gasteiger partial charge >= 0.3 is 6.03 Å². The highest BCUT2D eigenvalue weighted by Gasteiger charge is 2.30. The van der Waals surface area contributed by atoms with E-state index in [2.05, 4.69) is 12.2 Å². The first kappa shape index (κ1) is 27.6. The Balaban J connectivity index is 1.68. The van der Waals surface area contributed by atoms with Gasteiger partial charge in [0.15, 0.2) is 0 Å². The summed E-state index contributed by atoms with van der Waals surface area (Å²) in [6.07, 6.45) is 1.42. The van der Waals surface area contributed by atoms with Gasteiger partial charge in [0.05, 0.1) is 35.4 Å². The number of aromatic nitrogens is 2. The van der Waals surface area contributed by atoms with E-state index >= 15 is 0 Å². The van der Waals surface area contributed by atoms with Crippen LogP contribution in [0.5, 0.6) is 5.75 Å². The Morgan fingerprint density at radius 2 is 1.56 bits per heavy atom. The molecule has 2 amide bonds. The fourth-order valence-corrected chi connectivity index (χ4v) is 5.08. The number of carbonyl (C=O) groups is 1. The minimum atomic E-state index is -0.520. The average Bonchev–Trinajstić information content (AvgIpc) is 3.02. The lowest BCUT2D eigenvalue weighted by atomic mass is 10.1. The first-order chi connectivity index (χ1) is 20.0. The second kappa shape index (κ2) is 12.5. The standard InChI is InChI=1S/C34H34N4O3/c1-4-24-19-21-26(22-20-24)38-32(35-28-16-10-9-15-27(28)33(38)39)30(5-2)37(23-25-13-7-6-8-14-25)34(40)36-29-17-11-12-18-31(29)41-3/h6-22,30H,4-5,23H2,1-3H3,(H,36,40). The number of hydrogen-bond acceptors (Lipinski definition) is 4. The Morgan fingerprint density at radius 3 is 2.27 bits per heavy atom. The average molecular weight is 547 g/mol. The van der Waals surface area contributed by atoms with E-state index in [-0.39, 0.29) is 11.6 Å². The third kappa shape index (κ3) is 5.84. The van der Waals surface area contributed by atoms with Crippen molar-refractivity contribution in [1.29, 1.82) is 0 Å². The summed E-state index contributed by atoms with van der Waals surface area (Å²) < 4.78 is 7.14. The maximum absolute atomic E-state index is 14.1. The van der Waals surface area contributed by atoms with Crippen molar-refractivity contribution in [2.75, 3.05) is 12.4 Å². The summed E-state index contributed by atoms with van der Waals surface area (Å²) in [6, 6.07) is 31.6. The molecule has 0 bridgehead atoms. The molecule has 0 saturated heterocycles. The van der Waals surface area contributed by atoms with Crippen molar-refractivity contribution in [3.05, 3.63) is 130 Å². The molecule has 1 heterocycles. The molecule has 208 valence electrons. The van der Waals surface area contributed by atoms with Gasteiger partial charge < -0.3 is 15.0 Å². The van der Waals surface area contributed by atoms with E-state index in [1.165, 1.54) is 5.56 Å². The van der Waals surface area contributed by atoms with Gasteiger partial charge in [-0.2, -0.15) is 0 Å². The van der Waals surface area contributed by atoms with Gasteiger partial charge in [-0.05, 0) is 60.4 Å². The minimum Gasteiger partial charge on any atom is -0.495 e. The normalized spacial score (nSPS) is 11.7. The van der Waals surface area contributed by atoms with Crippen molar-refractivity contribution in [3.8, 4) is 11.4 Å². The van der Waals surface area contributed by atoms with Crippen molar-refractivity contribution in [1.82, 2.24) is 14.5 Å². The van der Waals surface area contributed by atoms with Gasteiger partial charge in [0.2, 0.25) is 0 Å². The number of ether oxygens (including phenoxy) is 1. The maximum atomic E-state index is 14.1. The number of carbonyl (C=O) groups excluding carboxylic acids is 1. The first-order valence-electron chi connectivity index (χ1n) is 13.9. The number of hydrogen-bond donors (Lipinski definition) is 1. The fraction of sp³-hybridized carbons (Fsp3) is 0.206. The number of aryl methyl sites for hydroxylation is 1. The Labute approximate surface area is 240 Å². The van der Waals surface area contributed by atoms with Gasteiger partial charge in [0.25, 0.3) is 5.56 Å². The minimum absolute atomic E-state index is 0.168. The Bertz CT molecular complexity index is 1700. The molecule has 1 aromatic heterocycles. The van der Waals surface area contributed by atoms with Gasteiger partial charge in [-0.15, -0.1) is 0 Å². The van der Waals surface area contributed by atoms with Crippen LogP contribution in [0.2, 0.25) is 0 Å². The molecule has 4 aromatic carbocycles. The second-order valence-electron chi connectivity index (χ2n) is 9.82. The van der Waals surface area contributed by atoms with Crippen molar-refractivity contribution in [2.45, 2.75) is 39.3 Å².